The van der Waals surface area contributed by atoms with Crippen molar-refractivity contribution in [2.45, 2.75) is 25.4 Å². The van der Waals surface area contributed by atoms with Crippen molar-refractivity contribution in [3.8, 4) is 0 Å². The van der Waals surface area contributed by atoms with Gasteiger partial charge in [0.25, 0.3) is 0 Å². The van der Waals surface area contributed by atoms with Gasteiger partial charge < -0.3 is 14.2 Å². The van der Waals surface area contributed by atoms with Crippen LogP contribution in [0.5, 0.6) is 0 Å². The van der Waals surface area contributed by atoms with Crippen molar-refractivity contribution in [2.75, 3.05) is 20.7 Å². The number of benzene rings is 1. The number of hydrogen-bond acceptors (Lipinski definition) is 2. The number of ether oxygens (including phenoxy) is 1. The SMILES string of the molecule is CN(C)C(=O)CC1(C)OCCc2c1n(C)c1ccccc21. The molecule has 1 aliphatic rings. The number of carbonyl (C=O) groups excluding carboxylic acids is 1. The minimum absolute atomic E-state index is 0.0932. The van der Waals surface area contributed by atoms with Crippen molar-refractivity contribution in [3.05, 3.63) is 35.5 Å². The van der Waals surface area contributed by atoms with Gasteiger partial charge in [-0.15, -0.1) is 0 Å². The van der Waals surface area contributed by atoms with Crippen LogP contribution in [0.1, 0.15) is 24.6 Å². The van der Waals surface area contributed by atoms with E-state index < -0.39 is 5.60 Å². The van der Waals surface area contributed by atoms with Gasteiger partial charge in [-0.3, -0.25) is 4.79 Å². The molecule has 0 saturated carbocycles. The molecule has 1 aliphatic heterocycles. The molecule has 1 amide bonds. The number of fused-ring (bicyclic) bond motifs is 3. The fourth-order valence-corrected chi connectivity index (χ4v) is 3.43. The predicted molar refractivity (Wildman–Crippen MR) is 83.2 cm³/mol. The van der Waals surface area contributed by atoms with Crippen LogP contribution in [-0.4, -0.2) is 36.1 Å². The minimum atomic E-state index is -0.553. The number of aryl methyl sites for hydroxylation is 1. The summed E-state index contributed by atoms with van der Waals surface area (Å²) in [5.74, 6) is 0.0932. The molecule has 4 nitrogen and oxygen atoms in total. The third-order valence-electron chi connectivity index (χ3n) is 4.47. The van der Waals surface area contributed by atoms with Gasteiger partial charge in [-0.05, 0) is 25.0 Å². The molecule has 2 aromatic rings. The Hall–Kier alpha value is -1.81. The Kier molecular flexibility index (Phi) is 3.29. The lowest BCUT2D eigenvalue weighted by Gasteiger charge is -2.35. The fourth-order valence-electron chi connectivity index (χ4n) is 3.43. The highest BCUT2D eigenvalue weighted by Crippen LogP contribution is 2.40. The Morgan fingerprint density at radius 3 is 2.81 bits per heavy atom. The number of rotatable bonds is 2. The summed E-state index contributed by atoms with van der Waals surface area (Å²) < 4.78 is 8.24. The van der Waals surface area contributed by atoms with Crippen LogP contribution in [-0.2, 0) is 28.6 Å². The summed E-state index contributed by atoms with van der Waals surface area (Å²) in [7, 11) is 5.64. The molecule has 0 N–H and O–H groups in total. The van der Waals surface area contributed by atoms with Crippen molar-refractivity contribution < 1.29 is 9.53 Å². The summed E-state index contributed by atoms with van der Waals surface area (Å²) in [5.41, 5.74) is 3.12. The lowest BCUT2D eigenvalue weighted by molar-refractivity contribution is -0.138. The van der Waals surface area contributed by atoms with E-state index in [1.54, 1.807) is 19.0 Å². The lowest BCUT2D eigenvalue weighted by atomic mass is 9.89. The standard InChI is InChI=1S/C17H22N2O2/c1-17(11-15(20)18(2)3)16-13(9-10-21-17)12-7-5-6-8-14(12)19(16)4/h5-8H,9-11H2,1-4H3. The summed E-state index contributed by atoms with van der Waals surface area (Å²) in [6.45, 7) is 2.70. The lowest BCUT2D eigenvalue weighted by Crippen LogP contribution is -2.39. The van der Waals surface area contributed by atoms with E-state index in [0.717, 1.165) is 12.1 Å². The van der Waals surface area contributed by atoms with Crippen molar-refractivity contribution in [1.29, 1.82) is 0 Å². The summed E-state index contributed by atoms with van der Waals surface area (Å²) in [6.07, 6.45) is 1.28. The van der Waals surface area contributed by atoms with E-state index in [-0.39, 0.29) is 5.91 Å². The molecule has 1 atom stereocenters. The van der Waals surface area contributed by atoms with Crippen molar-refractivity contribution in [3.63, 3.8) is 0 Å². The second-order valence-corrected chi connectivity index (χ2v) is 6.20. The van der Waals surface area contributed by atoms with E-state index in [0.29, 0.717) is 13.0 Å². The molecular weight excluding hydrogens is 264 g/mol. The van der Waals surface area contributed by atoms with Crippen molar-refractivity contribution in [1.82, 2.24) is 9.47 Å². The first kappa shape index (κ1) is 14.1. The topological polar surface area (TPSA) is 34.5 Å². The molecule has 1 unspecified atom stereocenters. The highest BCUT2D eigenvalue weighted by molar-refractivity contribution is 5.87. The number of hydrogen-bond donors (Lipinski definition) is 0. The van der Waals surface area contributed by atoms with Gasteiger partial charge in [0.15, 0.2) is 0 Å². The van der Waals surface area contributed by atoms with Gasteiger partial charge >= 0.3 is 0 Å². The summed E-state index contributed by atoms with van der Waals surface area (Å²) in [4.78, 5) is 13.8. The zero-order chi connectivity index (χ0) is 15.2. The van der Waals surface area contributed by atoms with Gasteiger partial charge in [-0.1, -0.05) is 18.2 Å². The van der Waals surface area contributed by atoms with Crippen LogP contribution in [0.15, 0.2) is 24.3 Å². The molecule has 0 bridgehead atoms. The van der Waals surface area contributed by atoms with E-state index in [1.165, 1.54) is 16.5 Å². The number of carbonyl (C=O) groups is 1. The maximum absolute atomic E-state index is 12.2. The van der Waals surface area contributed by atoms with E-state index in [4.69, 9.17) is 4.74 Å². The molecule has 0 radical (unpaired) electrons. The smallest absolute Gasteiger partial charge is 0.225 e. The maximum atomic E-state index is 12.2. The zero-order valence-electron chi connectivity index (χ0n) is 13.1. The van der Waals surface area contributed by atoms with Crippen LogP contribution in [0.2, 0.25) is 0 Å². The summed E-state index contributed by atoms with van der Waals surface area (Å²) >= 11 is 0. The van der Waals surface area contributed by atoms with Crippen LogP contribution in [0.3, 0.4) is 0 Å². The maximum Gasteiger partial charge on any atom is 0.225 e. The highest BCUT2D eigenvalue weighted by Gasteiger charge is 2.39. The number of amides is 1. The zero-order valence-corrected chi connectivity index (χ0v) is 13.1. The Morgan fingerprint density at radius 2 is 2.10 bits per heavy atom. The molecule has 0 saturated heterocycles. The molecule has 1 aromatic heterocycles. The first-order valence-electron chi connectivity index (χ1n) is 7.35. The summed E-state index contributed by atoms with van der Waals surface area (Å²) in [5, 5.41) is 1.28. The van der Waals surface area contributed by atoms with Crippen LogP contribution < -0.4 is 0 Å². The van der Waals surface area contributed by atoms with Gasteiger partial charge in [0.1, 0.15) is 5.60 Å². The minimum Gasteiger partial charge on any atom is -0.368 e. The van der Waals surface area contributed by atoms with Gasteiger partial charge in [0, 0.05) is 32.0 Å². The number of nitrogens with zero attached hydrogens (tertiary/aromatic N) is 2. The molecule has 0 aliphatic carbocycles. The molecule has 112 valence electrons. The number of aromatic nitrogens is 1. The van der Waals surface area contributed by atoms with Crippen molar-refractivity contribution in [2.24, 2.45) is 7.05 Å². The average Bonchev–Trinajstić information content (AvgIpc) is 2.74. The Labute approximate surface area is 125 Å². The molecule has 2 heterocycles. The van der Waals surface area contributed by atoms with E-state index >= 15 is 0 Å². The quantitative estimate of drug-likeness (QED) is 0.850. The molecule has 21 heavy (non-hydrogen) atoms. The molecule has 0 fully saturated rings. The Balaban J connectivity index is 2.15. The molecule has 1 aromatic carbocycles. The molecular formula is C17H22N2O2. The first-order valence-corrected chi connectivity index (χ1v) is 7.35. The monoisotopic (exact) mass is 286 g/mol. The van der Waals surface area contributed by atoms with Crippen LogP contribution in [0, 0.1) is 0 Å². The van der Waals surface area contributed by atoms with Gasteiger partial charge in [0.2, 0.25) is 5.91 Å². The Morgan fingerprint density at radius 1 is 1.38 bits per heavy atom. The summed E-state index contributed by atoms with van der Waals surface area (Å²) in [6, 6.07) is 8.41. The van der Waals surface area contributed by atoms with Crippen LogP contribution in [0.25, 0.3) is 10.9 Å². The predicted octanol–water partition coefficient (Wildman–Crippen LogP) is 2.44. The van der Waals surface area contributed by atoms with Crippen molar-refractivity contribution >= 4 is 16.8 Å². The first-order chi connectivity index (χ1) is 9.94. The van der Waals surface area contributed by atoms with E-state index in [1.807, 2.05) is 6.92 Å². The third-order valence-corrected chi connectivity index (χ3v) is 4.47. The second kappa shape index (κ2) is 4.88. The van der Waals surface area contributed by atoms with E-state index in [9.17, 15) is 4.79 Å². The fraction of sp³-hybridized carbons (Fsp3) is 0.471. The van der Waals surface area contributed by atoms with Crippen LogP contribution in [0.4, 0.5) is 0 Å². The molecule has 3 rings (SSSR count). The normalized spacial score (nSPS) is 21.3. The largest absolute Gasteiger partial charge is 0.368 e. The van der Waals surface area contributed by atoms with Gasteiger partial charge in [-0.25, -0.2) is 0 Å². The Bertz CT molecular complexity index is 702. The second-order valence-electron chi connectivity index (χ2n) is 6.20. The molecule has 0 spiro atoms. The number of para-hydroxylation sites is 1. The van der Waals surface area contributed by atoms with Gasteiger partial charge in [0.05, 0.1) is 18.7 Å². The highest BCUT2D eigenvalue weighted by atomic mass is 16.5. The molecule has 4 heteroatoms. The van der Waals surface area contributed by atoms with Crippen LogP contribution >= 0.6 is 0 Å². The average molecular weight is 286 g/mol. The van der Waals surface area contributed by atoms with E-state index in [2.05, 4.69) is 35.9 Å². The third kappa shape index (κ3) is 2.14. The van der Waals surface area contributed by atoms with Gasteiger partial charge in [-0.2, -0.15) is 0 Å².